The number of carbonyl (C=O) groups excluding carboxylic acids is 1. The van der Waals surface area contributed by atoms with E-state index in [1.807, 2.05) is 99.0 Å². The lowest BCUT2D eigenvalue weighted by atomic mass is 10.2. The third-order valence-electron chi connectivity index (χ3n) is 6.23. The van der Waals surface area contributed by atoms with Crippen LogP contribution >= 0.6 is 11.8 Å². The lowest BCUT2D eigenvalue weighted by Gasteiger charge is -2.26. The van der Waals surface area contributed by atoms with E-state index in [0.29, 0.717) is 29.6 Å². The largest absolute Gasteiger partial charge is 0.309 e. The Kier molecular flexibility index (Phi) is 9.21. The summed E-state index contributed by atoms with van der Waals surface area (Å²) in [5.74, 6) is 0.614. The molecule has 39 heavy (non-hydrogen) atoms. The van der Waals surface area contributed by atoms with Gasteiger partial charge in [0.15, 0.2) is 11.0 Å². The van der Waals surface area contributed by atoms with Crippen LogP contribution < -0.4 is 4.90 Å². The van der Waals surface area contributed by atoms with E-state index >= 15 is 0 Å². The van der Waals surface area contributed by atoms with Gasteiger partial charge in [-0.2, -0.15) is 4.31 Å². The topological polar surface area (TPSA) is 88.4 Å². The number of aromatic nitrogens is 3. The van der Waals surface area contributed by atoms with E-state index in [-0.39, 0.29) is 22.6 Å². The zero-order chi connectivity index (χ0) is 28.0. The van der Waals surface area contributed by atoms with Crippen molar-refractivity contribution in [1.29, 1.82) is 0 Å². The first kappa shape index (κ1) is 28.5. The van der Waals surface area contributed by atoms with Crippen molar-refractivity contribution in [3.8, 4) is 17.1 Å². The highest BCUT2D eigenvalue weighted by Gasteiger charge is 2.25. The fraction of sp³-hybridized carbons (Fsp3) is 0.276. The quantitative estimate of drug-likeness (QED) is 0.224. The maximum Gasteiger partial charge on any atom is 0.243 e. The Morgan fingerprint density at radius 3 is 2.15 bits per heavy atom. The summed E-state index contributed by atoms with van der Waals surface area (Å²) < 4.78 is 29.7. The summed E-state index contributed by atoms with van der Waals surface area (Å²) in [7, 11) is -3.65. The fourth-order valence-corrected chi connectivity index (χ4v) is 6.70. The van der Waals surface area contributed by atoms with Gasteiger partial charge in [0.1, 0.15) is 0 Å². The second-order valence-electron chi connectivity index (χ2n) is 9.08. The van der Waals surface area contributed by atoms with Gasteiger partial charge in [-0.05, 0) is 50.2 Å². The molecule has 4 aromatic rings. The number of hydrogen-bond donors (Lipinski definition) is 0. The molecule has 0 radical (unpaired) electrons. The van der Waals surface area contributed by atoms with Crippen molar-refractivity contribution in [3.05, 3.63) is 84.9 Å². The first-order valence-corrected chi connectivity index (χ1v) is 15.3. The molecule has 0 spiro atoms. The molecule has 0 atom stereocenters. The second kappa shape index (κ2) is 12.6. The molecular formula is C29H33N5O3S2. The Balaban J connectivity index is 1.70. The molecule has 0 saturated heterocycles. The molecule has 0 unspecified atom stereocenters. The van der Waals surface area contributed by atoms with Crippen molar-refractivity contribution in [1.82, 2.24) is 19.1 Å². The van der Waals surface area contributed by atoms with Gasteiger partial charge in [-0.25, -0.2) is 8.42 Å². The molecule has 0 N–H and O–H groups in total. The summed E-state index contributed by atoms with van der Waals surface area (Å²) in [6.07, 6.45) is 0. The normalized spacial score (nSPS) is 11.7. The third-order valence-corrected chi connectivity index (χ3v) is 9.19. The van der Waals surface area contributed by atoms with Crippen molar-refractivity contribution in [2.24, 2.45) is 0 Å². The molecule has 1 heterocycles. The smallest absolute Gasteiger partial charge is 0.243 e. The number of hydrogen-bond acceptors (Lipinski definition) is 6. The van der Waals surface area contributed by atoms with Crippen molar-refractivity contribution in [2.75, 3.05) is 23.7 Å². The molecule has 0 bridgehead atoms. The zero-order valence-electron chi connectivity index (χ0n) is 22.6. The number of benzene rings is 3. The van der Waals surface area contributed by atoms with E-state index in [1.54, 1.807) is 23.1 Å². The number of sulfonamides is 1. The summed E-state index contributed by atoms with van der Waals surface area (Å²) in [5.41, 5.74) is 2.27. The molecule has 204 valence electrons. The van der Waals surface area contributed by atoms with Crippen molar-refractivity contribution in [2.45, 2.75) is 43.8 Å². The lowest BCUT2D eigenvalue weighted by Crippen LogP contribution is -2.38. The van der Waals surface area contributed by atoms with Gasteiger partial charge in [0.05, 0.1) is 10.6 Å². The minimum Gasteiger partial charge on any atom is -0.309 e. The molecule has 10 heteroatoms. The van der Waals surface area contributed by atoms with Gasteiger partial charge >= 0.3 is 0 Å². The molecule has 3 aromatic carbocycles. The van der Waals surface area contributed by atoms with E-state index in [2.05, 4.69) is 10.2 Å². The number of thioether (sulfide) groups is 1. The molecule has 0 aliphatic heterocycles. The Labute approximate surface area is 234 Å². The highest BCUT2D eigenvalue weighted by atomic mass is 32.2. The molecule has 0 saturated carbocycles. The molecular weight excluding hydrogens is 530 g/mol. The number of nitrogens with zero attached hydrogens (tertiary/aromatic N) is 5. The van der Waals surface area contributed by atoms with Crippen LogP contribution in [0.5, 0.6) is 0 Å². The van der Waals surface area contributed by atoms with E-state index in [4.69, 9.17) is 0 Å². The SMILES string of the molecule is CCN(CC)S(=O)(=O)c1cccc(-c2nnc(SCC(=O)N(c3ccccc3)C(C)C)n2-c2ccccc2)c1. The standard InChI is InChI=1S/C29H33N5O3S2/c1-5-32(6-2)39(36,37)26-19-13-14-23(20-26)28-30-31-29(34(28)25-17-11-8-12-18-25)38-21-27(35)33(22(3)4)24-15-9-7-10-16-24/h7-20,22H,5-6,21H2,1-4H3. The van der Waals surface area contributed by atoms with Crippen LogP contribution in [0.1, 0.15) is 27.7 Å². The Bertz CT molecular complexity index is 1500. The number of anilines is 1. The van der Waals surface area contributed by atoms with Crippen LogP contribution in [0.25, 0.3) is 17.1 Å². The maximum atomic E-state index is 13.3. The highest BCUT2D eigenvalue weighted by molar-refractivity contribution is 7.99. The molecule has 8 nitrogen and oxygen atoms in total. The van der Waals surface area contributed by atoms with Gasteiger partial charge in [-0.15, -0.1) is 10.2 Å². The van der Waals surface area contributed by atoms with Crippen LogP contribution in [0, 0.1) is 0 Å². The molecule has 1 amide bonds. The van der Waals surface area contributed by atoms with Crippen molar-refractivity contribution < 1.29 is 13.2 Å². The lowest BCUT2D eigenvalue weighted by molar-refractivity contribution is -0.116. The zero-order valence-corrected chi connectivity index (χ0v) is 24.2. The molecule has 1 aromatic heterocycles. The van der Waals surface area contributed by atoms with Crippen LogP contribution in [0.2, 0.25) is 0 Å². The Morgan fingerprint density at radius 1 is 0.897 bits per heavy atom. The van der Waals surface area contributed by atoms with Gasteiger partial charge in [-0.3, -0.25) is 9.36 Å². The van der Waals surface area contributed by atoms with Crippen LogP contribution in [0.3, 0.4) is 0 Å². The van der Waals surface area contributed by atoms with E-state index in [1.165, 1.54) is 16.1 Å². The Morgan fingerprint density at radius 2 is 1.54 bits per heavy atom. The number of rotatable bonds is 11. The minimum atomic E-state index is -3.65. The van der Waals surface area contributed by atoms with Crippen LogP contribution in [-0.2, 0) is 14.8 Å². The van der Waals surface area contributed by atoms with Crippen LogP contribution in [0.15, 0.2) is 95.0 Å². The Hall–Kier alpha value is -3.47. The average molecular weight is 564 g/mol. The summed E-state index contributed by atoms with van der Waals surface area (Å²) in [5, 5.41) is 9.41. The summed E-state index contributed by atoms with van der Waals surface area (Å²) in [4.78, 5) is 15.3. The minimum absolute atomic E-state index is 0.0152. The van der Waals surface area contributed by atoms with Gasteiger partial charge in [-0.1, -0.05) is 74.1 Å². The van der Waals surface area contributed by atoms with Gasteiger partial charge < -0.3 is 4.90 Å². The van der Waals surface area contributed by atoms with Crippen LogP contribution in [0.4, 0.5) is 5.69 Å². The fourth-order valence-electron chi connectivity index (χ4n) is 4.38. The van der Waals surface area contributed by atoms with Crippen LogP contribution in [-0.4, -0.2) is 58.3 Å². The highest BCUT2D eigenvalue weighted by Crippen LogP contribution is 2.30. The molecule has 4 rings (SSSR count). The first-order chi connectivity index (χ1) is 18.8. The van der Waals surface area contributed by atoms with E-state index < -0.39 is 10.0 Å². The maximum absolute atomic E-state index is 13.3. The first-order valence-electron chi connectivity index (χ1n) is 12.9. The van der Waals surface area contributed by atoms with E-state index in [9.17, 15) is 13.2 Å². The number of para-hydroxylation sites is 2. The van der Waals surface area contributed by atoms with Gasteiger partial charge in [0, 0.05) is 36.1 Å². The average Bonchev–Trinajstić information content (AvgIpc) is 3.37. The molecule has 0 aliphatic carbocycles. The predicted octanol–water partition coefficient (Wildman–Crippen LogP) is 5.50. The number of amides is 1. The second-order valence-corrected chi connectivity index (χ2v) is 12.0. The van der Waals surface area contributed by atoms with Crippen molar-refractivity contribution in [3.63, 3.8) is 0 Å². The number of carbonyl (C=O) groups is 1. The van der Waals surface area contributed by atoms with Gasteiger partial charge in [0.2, 0.25) is 15.9 Å². The summed E-state index contributed by atoms with van der Waals surface area (Å²) in [6.45, 7) is 8.38. The molecule has 0 fully saturated rings. The summed E-state index contributed by atoms with van der Waals surface area (Å²) >= 11 is 1.30. The summed E-state index contributed by atoms with van der Waals surface area (Å²) in [6, 6.07) is 25.9. The predicted molar refractivity (Wildman–Crippen MR) is 157 cm³/mol. The van der Waals surface area contributed by atoms with Crippen molar-refractivity contribution >= 4 is 33.4 Å². The van der Waals surface area contributed by atoms with E-state index in [0.717, 1.165) is 11.4 Å². The van der Waals surface area contributed by atoms with Gasteiger partial charge in [0.25, 0.3) is 0 Å². The monoisotopic (exact) mass is 563 g/mol. The molecule has 0 aliphatic rings. The third kappa shape index (κ3) is 6.24.